The molecule has 0 aliphatic carbocycles. The molecule has 0 spiro atoms. The number of carbonyl (C=O) groups is 1. The number of nitrogens with one attached hydrogen (secondary N) is 1. The van der Waals surface area contributed by atoms with E-state index in [-0.39, 0.29) is 17.5 Å². The number of hydrogen-bond acceptors (Lipinski definition) is 4. The molecule has 7 heteroatoms. The van der Waals surface area contributed by atoms with Gasteiger partial charge < -0.3 is 15.0 Å². The van der Waals surface area contributed by atoms with Gasteiger partial charge in [-0.15, -0.1) is 0 Å². The number of benzene rings is 1. The van der Waals surface area contributed by atoms with Crippen molar-refractivity contribution >= 4 is 17.5 Å². The van der Waals surface area contributed by atoms with E-state index in [4.69, 9.17) is 16.3 Å². The first-order chi connectivity index (χ1) is 13.0. The summed E-state index contributed by atoms with van der Waals surface area (Å²) in [5.74, 6) is 0.928. The van der Waals surface area contributed by atoms with E-state index in [9.17, 15) is 9.59 Å². The highest BCUT2D eigenvalue weighted by molar-refractivity contribution is 6.32. The van der Waals surface area contributed by atoms with Crippen LogP contribution in [0.1, 0.15) is 23.2 Å². The number of hydrogen-bond donors (Lipinski definition) is 1. The normalized spacial score (nSPS) is 23.9. The summed E-state index contributed by atoms with van der Waals surface area (Å²) in [6, 6.07) is 8.24. The maximum Gasteiger partial charge on any atom is 0.255 e. The number of piperidine rings is 3. The van der Waals surface area contributed by atoms with Crippen LogP contribution in [0.15, 0.2) is 41.3 Å². The molecule has 5 rings (SSSR count). The molecule has 0 saturated carbocycles. The largest absolute Gasteiger partial charge is 0.495 e. The maximum absolute atomic E-state index is 12.8. The summed E-state index contributed by atoms with van der Waals surface area (Å²) in [7, 11) is 1.53. The molecule has 4 heterocycles. The van der Waals surface area contributed by atoms with Gasteiger partial charge in [0.2, 0.25) is 0 Å². The molecule has 142 valence electrons. The minimum absolute atomic E-state index is 0.151. The van der Waals surface area contributed by atoms with Gasteiger partial charge in [-0.2, -0.15) is 0 Å². The van der Waals surface area contributed by atoms with Gasteiger partial charge >= 0.3 is 0 Å². The van der Waals surface area contributed by atoms with E-state index in [1.165, 1.54) is 17.7 Å². The Hall–Kier alpha value is -2.31. The fraction of sp³-hybridized carbons (Fsp3) is 0.400. The highest BCUT2D eigenvalue weighted by Crippen LogP contribution is 2.28. The predicted molar refractivity (Wildman–Crippen MR) is 104 cm³/mol. The second-order valence-corrected chi connectivity index (χ2v) is 7.57. The van der Waals surface area contributed by atoms with Gasteiger partial charge in [-0.1, -0.05) is 11.6 Å². The van der Waals surface area contributed by atoms with Gasteiger partial charge in [0, 0.05) is 24.8 Å². The minimum atomic E-state index is -0.226. The van der Waals surface area contributed by atoms with E-state index in [0.29, 0.717) is 27.9 Å². The van der Waals surface area contributed by atoms with Crippen molar-refractivity contribution in [2.75, 3.05) is 26.7 Å². The number of ether oxygens (including phenoxy) is 1. The van der Waals surface area contributed by atoms with Gasteiger partial charge in [0.1, 0.15) is 5.75 Å². The molecular weight excluding hydrogens is 366 g/mol. The van der Waals surface area contributed by atoms with Crippen LogP contribution in [-0.4, -0.2) is 48.2 Å². The number of amides is 1. The average Bonchev–Trinajstić information content (AvgIpc) is 2.69. The Morgan fingerprint density at radius 2 is 2.00 bits per heavy atom. The number of rotatable bonds is 4. The molecule has 3 aliphatic rings. The van der Waals surface area contributed by atoms with Gasteiger partial charge in [0.05, 0.1) is 23.4 Å². The Bertz CT molecular complexity index is 919. The molecule has 0 unspecified atom stereocenters. The predicted octanol–water partition coefficient (Wildman–Crippen LogP) is 2.32. The fourth-order valence-corrected chi connectivity index (χ4v) is 4.26. The number of methoxy groups -OCH3 is 1. The zero-order valence-corrected chi connectivity index (χ0v) is 15.9. The quantitative estimate of drug-likeness (QED) is 0.874. The van der Waals surface area contributed by atoms with Crippen molar-refractivity contribution in [1.82, 2.24) is 14.8 Å². The van der Waals surface area contributed by atoms with Gasteiger partial charge in [-0.05, 0) is 56.1 Å². The molecule has 1 aromatic carbocycles. The van der Waals surface area contributed by atoms with Crippen LogP contribution in [-0.2, 0) is 0 Å². The molecular formula is C20H22ClN3O3. The van der Waals surface area contributed by atoms with Crippen molar-refractivity contribution < 1.29 is 9.53 Å². The first-order valence-corrected chi connectivity index (χ1v) is 9.53. The molecule has 1 aromatic heterocycles. The third kappa shape index (κ3) is 3.59. The first-order valence-electron chi connectivity index (χ1n) is 9.15. The Balaban J connectivity index is 1.57. The summed E-state index contributed by atoms with van der Waals surface area (Å²) < 4.78 is 6.58. The number of carbonyl (C=O) groups excluding carboxylic acids is 1. The Morgan fingerprint density at radius 1 is 1.22 bits per heavy atom. The van der Waals surface area contributed by atoms with Gasteiger partial charge in [-0.25, -0.2) is 0 Å². The molecule has 2 bridgehead atoms. The zero-order valence-electron chi connectivity index (χ0n) is 15.2. The molecule has 0 radical (unpaired) electrons. The molecule has 2 aromatic rings. The Kier molecular flexibility index (Phi) is 4.93. The van der Waals surface area contributed by atoms with E-state index >= 15 is 0 Å². The molecule has 1 atom stereocenters. The average molecular weight is 388 g/mol. The number of fused-ring (bicyclic) bond motifs is 3. The van der Waals surface area contributed by atoms with Crippen LogP contribution in [0.5, 0.6) is 5.75 Å². The SMILES string of the molecule is COc1ccc(-n2cc(C(=O)N[C@H]3CN4CCC3CC4)ccc2=O)cc1Cl. The highest BCUT2D eigenvalue weighted by atomic mass is 35.5. The summed E-state index contributed by atoms with van der Waals surface area (Å²) in [4.78, 5) is 27.5. The van der Waals surface area contributed by atoms with E-state index in [0.717, 1.165) is 32.5 Å². The standard InChI is InChI=1S/C20H22ClN3O3/c1-27-18-4-3-15(10-16(18)21)24-11-14(2-5-19(24)25)20(26)22-17-12-23-8-6-13(17)7-9-23/h2-5,10-11,13,17H,6-9,12H2,1H3,(H,22,26)/t17-/m0/s1. The van der Waals surface area contributed by atoms with Crippen LogP contribution >= 0.6 is 11.6 Å². The fourth-order valence-electron chi connectivity index (χ4n) is 4.01. The van der Waals surface area contributed by atoms with Crippen molar-refractivity contribution in [3.05, 3.63) is 57.5 Å². The molecule has 1 N–H and O–H groups in total. The van der Waals surface area contributed by atoms with Crippen LogP contribution < -0.4 is 15.6 Å². The van der Waals surface area contributed by atoms with Crippen molar-refractivity contribution in [2.45, 2.75) is 18.9 Å². The molecule has 3 saturated heterocycles. The lowest BCUT2D eigenvalue weighted by atomic mass is 9.84. The number of pyridine rings is 1. The topological polar surface area (TPSA) is 63.6 Å². The Morgan fingerprint density at radius 3 is 2.63 bits per heavy atom. The van der Waals surface area contributed by atoms with Gasteiger partial charge in [-0.3, -0.25) is 14.2 Å². The zero-order chi connectivity index (χ0) is 19.0. The van der Waals surface area contributed by atoms with Crippen LogP contribution in [0, 0.1) is 5.92 Å². The van der Waals surface area contributed by atoms with Crippen molar-refractivity contribution in [2.24, 2.45) is 5.92 Å². The van der Waals surface area contributed by atoms with Gasteiger partial charge in [0.15, 0.2) is 0 Å². The smallest absolute Gasteiger partial charge is 0.255 e. The lowest BCUT2D eigenvalue weighted by Gasteiger charge is -2.44. The first kappa shape index (κ1) is 18.1. The summed E-state index contributed by atoms with van der Waals surface area (Å²) in [6.45, 7) is 3.16. The van der Waals surface area contributed by atoms with Crippen molar-refractivity contribution in [3.63, 3.8) is 0 Å². The van der Waals surface area contributed by atoms with Crippen molar-refractivity contribution in [1.29, 1.82) is 0 Å². The van der Waals surface area contributed by atoms with E-state index in [1.807, 2.05) is 0 Å². The Labute approximate surface area is 162 Å². The second-order valence-electron chi connectivity index (χ2n) is 7.16. The summed E-state index contributed by atoms with van der Waals surface area (Å²) in [6.07, 6.45) is 3.83. The van der Waals surface area contributed by atoms with Gasteiger partial charge in [0.25, 0.3) is 11.5 Å². The third-order valence-electron chi connectivity index (χ3n) is 5.56. The molecule has 3 fully saturated rings. The lowest BCUT2D eigenvalue weighted by molar-refractivity contribution is 0.0620. The number of nitrogens with zero attached hydrogens (tertiary/aromatic N) is 2. The monoisotopic (exact) mass is 387 g/mol. The van der Waals surface area contributed by atoms with Crippen LogP contribution in [0.3, 0.4) is 0 Å². The molecule has 3 aliphatic heterocycles. The minimum Gasteiger partial charge on any atom is -0.495 e. The number of halogens is 1. The van der Waals surface area contributed by atoms with E-state index in [1.54, 1.807) is 30.5 Å². The number of aromatic nitrogens is 1. The molecule has 6 nitrogen and oxygen atoms in total. The second kappa shape index (κ2) is 7.37. The van der Waals surface area contributed by atoms with Crippen LogP contribution in [0.25, 0.3) is 5.69 Å². The lowest BCUT2D eigenvalue weighted by Crippen LogP contribution is -2.57. The molecule has 1 amide bonds. The summed E-state index contributed by atoms with van der Waals surface area (Å²) >= 11 is 6.17. The highest BCUT2D eigenvalue weighted by Gasteiger charge is 2.35. The summed E-state index contributed by atoms with van der Waals surface area (Å²) in [5, 5.41) is 3.56. The van der Waals surface area contributed by atoms with Crippen LogP contribution in [0.4, 0.5) is 0 Å². The van der Waals surface area contributed by atoms with Crippen molar-refractivity contribution in [3.8, 4) is 11.4 Å². The maximum atomic E-state index is 12.8. The van der Waals surface area contributed by atoms with E-state index in [2.05, 4.69) is 10.2 Å². The van der Waals surface area contributed by atoms with E-state index < -0.39 is 0 Å². The molecule has 27 heavy (non-hydrogen) atoms. The van der Waals surface area contributed by atoms with Crippen LogP contribution in [0.2, 0.25) is 5.02 Å². The third-order valence-corrected chi connectivity index (χ3v) is 5.85. The summed E-state index contributed by atoms with van der Waals surface area (Å²) in [5.41, 5.74) is 0.817.